The standard InChI is InChI=1S/C12H18O2/c1-8-9-4-3-5-11(14)12(9,2)7-6-10(8)13/h11,14H,3-7H2,1-2H3/t11-,12-/m1/s1. The third-order valence-electron chi connectivity index (χ3n) is 4.07. The highest BCUT2D eigenvalue weighted by molar-refractivity contribution is 5.96. The predicted octanol–water partition coefficient (Wildman–Crippen LogP) is 2.22. The van der Waals surface area contributed by atoms with Crippen molar-refractivity contribution < 1.29 is 9.90 Å². The Balaban J connectivity index is 2.45. The Kier molecular flexibility index (Phi) is 2.26. The molecular weight excluding hydrogens is 176 g/mol. The second-order valence-electron chi connectivity index (χ2n) is 4.85. The van der Waals surface area contributed by atoms with E-state index in [0.29, 0.717) is 6.42 Å². The molecular formula is C12H18O2. The second kappa shape index (κ2) is 3.20. The highest BCUT2D eigenvalue weighted by Gasteiger charge is 2.43. The van der Waals surface area contributed by atoms with Crippen LogP contribution in [0.4, 0.5) is 0 Å². The first-order valence-electron chi connectivity index (χ1n) is 5.47. The number of allylic oxidation sites excluding steroid dienone is 1. The number of hydrogen-bond donors (Lipinski definition) is 1. The topological polar surface area (TPSA) is 37.3 Å². The minimum atomic E-state index is -0.241. The van der Waals surface area contributed by atoms with Gasteiger partial charge in [-0.05, 0) is 38.2 Å². The number of aliphatic hydroxyl groups excluding tert-OH is 1. The highest BCUT2D eigenvalue weighted by Crippen LogP contribution is 2.48. The molecule has 0 amide bonds. The first-order valence-corrected chi connectivity index (χ1v) is 5.47. The largest absolute Gasteiger partial charge is 0.392 e. The molecule has 2 aliphatic rings. The summed E-state index contributed by atoms with van der Waals surface area (Å²) in [4.78, 5) is 11.6. The van der Waals surface area contributed by atoms with E-state index < -0.39 is 0 Å². The van der Waals surface area contributed by atoms with Gasteiger partial charge in [-0.1, -0.05) is 12.5 Å². The fourth-order valence-electron chi connectivity index (χ4n) is 2.94. The first kappa shape index (κ1) is 9.91. The minimum absolute atomic E-state index is 0.101. The molecule has 0 spiro atoms. The molecule has 2 aliphatic carbocycles. The zero-order valence-corrected chi connectivity index (χ0v) is 8.97. The van der Waals surface area contributed by atoms with Crippen molar-refractivity contribution >= 4 is 5.78 Å². The molecule has 0 unspecified atom stereocenters. The summed E-state index contributed by atoms with van der Waals surface area (Å²) in [5.41, 5.74) is 2.06. The van der Waals surface area contributed by atoms with E-state index in [1.165, 1.54) is 5.57 Å². The lowest BCUT2D eigenvalue weighted by molar-refractivity contribution is -0.117. The van der Waals surface area contributed by atoms with Crippen LogP contribution < -0.4 is 0 Å². The summed E-state index contributed by atoms with van der Waals surface area (Å²) in [6, 6.07) is 0. The maximum atomic E-state index is 11.6. The van der Waals surface area contributed by atoms with Crippen LogP contribution in [0.3, 0.4) is 0 Å². The van der Waals surface area contributed by atoms with Crippen LogP contribution in [-0.4, -0.2) is 17.0 Å². The van der Waals surface area contributed by atoms with E-state index >= 15 is 0 Å². The van der Waals surface area contributed by atoms with Gasteiger partial charge in [0, 0.05) is 11.8 Å². The average molecular weight is 194 g/mol. The van der Waals surface area contributed by atoms with Gasteiger partial charge in [-0.2, -0.15) is 0 Å². The number of fused-ring (bicyclic) bond motifs is 1. The normalized spacial score (nSPS) is 38.5. The van der Waals surface area contributed by atoms with Gasteiger partial charge in [0.25, 0.3) is 0 Å². The molecule has 1 fully saturated rings. The van der Waals surface area contributed by atoms with E-state index in [4.69, 9.17) is 0 Å². The summed E-state index contributed by atoms with van der Waals surface area (Å²) in [5.74, 6) is 0.284. The van der Waals surface area contributed by atoms with Crippen LogP contribution in [-0.2, 0) is 4.79 Å². The number of Topliss-reactive ketones (excluding diaryl/α,β-unsaturated/α-hetero) is 1. The average Bonchev–Trinajstić information content (AvgIpc) is 2.16. The van der Waals surface area contributed by atoms with E-state index in [9.17, 15) is 9.90 Å². The Morgan fingerprint density at radius 1 is 1.43 bits per heavy atom. The molecule has 0 bridgehead atoms. The van der Waals surface area contributed by atoms with Crippen molar-refractivity contribution in [1.29, 1.82) is 0 Å². The summed E-state index contributed by atoms with van der Waals surface area (Å²) in [7, 11) is 0. The molecule has 2 atom stereocenters. The molecule has 78 valence electrons. The van der Waals surface area contributed by atoms with Crippen molar-refractivity contribution in [2.75, 3.05) is 0 Å². The maximum absolute atomic E-state index is 11.6. The molecule has 0 heterocycles. The van der Waals surface area contributed by atoms with E-state index in [-0.39, 0.29) is 17.3 Å². The molecule has 0 aromatic heterocycles. The van der Waals surface area contributed by atoms with Gasteiger partial charge in [-0.3, -0.25) is 4.79 Å². The van der Waals surface area contributed by atoms with Gasteiger partial charge in [0.15, 0.2) is 5.78 Å². The summed E-state index contributed by atoms with van der Waals surface area (Å²) in [5, 5.41) is 10.0. The molecule has 0 radical (unpaired) electrons. The summed E-state index contributed by atoms with van der Waals surface area (Å²) in [6.45, 7) is 4.04. The minimum Gasteiger partial charge on any atom is -0.392 e. The lowest BCUT2D eigenvalue weighted by Gasteiger charge is -2.44. The van der Waals surface area contributed by atoms with Crippen molar-refractivity contribution in [2.24, 2.45) is 5.41 Å². The summed E-state index contributed by atoms with van der Waals surface area (Å²) < 4.78 is 0. The van der Waals surface area contributed by atoms with E-state index in [2.05, 4.69) is 6.92 Å². The maximum Gasteiger partial charge on any atom is 0.158 e. The smallest absolute Gasteiger partial charge is 0.158 e. The summed E-state index contributed by atoms with van der Waals surface area (Å²) in [6.07, 6.45) is 4.13. The van der Waals surface area contributed by atoms with E-state index in [1.54, 1.807) is 0 Å². The van der Waals surface area contributed by atoms with E-state index in [1.807, 2.05) is 6.92 Å². The zero-order valence-electron chi connectivity index (χ0n) is 8.97. The Morgan fingerprint density at radius 3 is 2.86 bits per heavy atom. The van der Waals surface area contributed by atoms with Crippen molar-refractivity contribution in [1.82, 2.24) is 0 Å². The fraction of sp³-hybridized carbons (Fsp3) is 0.750. The molecule has 0 aliphatic heterocycles. The van der Waals surface area contributed by atoms with Crippen molar-refractivity contribution in [2.45, 2.75) is 52.1 Å². The zero-order chi connectivity index (χ0) is 10.3. The molecule has 14 heavy (non-hydrogen) atoms. The van der Waals surface area contributed by atoms with Crippen LogP contribution >= 0.6 is 0 Å². The Morgan fingerprint density at radius 2 is 2.14 bits per heavy atom. The molecule has 2 nitrogen and oxygen atoms in total. The third kappa shape index (κ3) is 1.24. The number of ketones is 1. The second-order valence-corrected chi connectivity index (χ2v) is 4.85. The number of carbonyl (C=O) groups is 1. The van der Waals surface area contributed by atoms with Crippen LogP contribution in [0.1, 0.15) is 46.0 Å². The Hall–Kier alpha value is -0.630. The van der Waals surface area contributed by atoms with Gasteiger partial charge in [-0.15, -0.1) is 0 Å². The van der Waals surface area contributed by atoms with Crippen molar-refractivity contribution in [3.05, 3.63) is 11.1 Å². The number of aliphatic hydroxyl groups is 1. The number of hydrogen-bond acceptors (Lipinski definition) is 2. The molecule has 0 aromatic carbocycles. The molecule has 0 saturated heterocycles. The first-order chi connectivity index (χ1) is 6.55. The lowest BCUT2D eigenvalue weighted by Crippen LogP contribution is -2.41. The van der Waals surface area contributed by atoms with Crippen molar-refractivity contribution in [3.8, 4) is 0 Å². The van der Waals surface area contributed by atoms with Crippen molar-refractivity contribution in [3.63, 3.8) is 0 Å². The van der Waals surface area contributed by atoms with Gasteiger partial charge < -0.3 is 5.11 Å². The van der Waals surface area contributed by atoms with Gasteiger partial charge in [0.2, 0.25) is 0 Å². The highest BCUT2D eigenvalue weighted by atomic mass is 16.3. The van der Waals surface area contributed by atoms with Crippen LogP contribution in [0.5, 0.6) is 0 Å². The molecule has 0 aromatic rings. The van der Waals surface area contributed by atoms with Crippen LogP contribution in [0.2, 0.25) is 0 Å². The summed E-state index contributed by atoms with van der Waals surface area (Å²) >= 11 is 0. The number of rotatable bonds is 0. The van der Waals surface area contributed by atoms with Gasteiger partial charge in [0.1, 0.15) is 0 Å². The quantitative estimate of drug-likeness (QED) is 0.642. The van der Waals surface area contributed by atoms with Crippen LogP contribution in [0.25, 0.3) is 0 Å². The van der Waals surface area contributed by atoms with Gasteiger partial charge in [0.05, 0.1) is 6.10 Å². The van der Waals surface area contributed by atoms with Gasteiger partial charge >= 0.3 is 0 Å². The van der Waals surface area contributed by atoms with Gasteiger partial charge in [-0.25, -0.2) is 0 Å². The fourth-order valence-corrected chi connectivity index (χ4v) is 2.94. The molecule has 2 rings (SSSR count). The Labute approximate surface area is 85.0 Å². The lowest BCUT2D eigenvalue weighted by atomic mass is 9.62. The number of carbonyl (C=O) groups excluding carboxylic acids is 1. The van der Waals surface area contributed by atoms with E-state index in [0.717, 1.165) is 31.3 Å². The van der Waals surface area contributed by atoms with Crippen LogP contribution in [0, 0.1) is 5.41 Å². The molecule has 1 saturated carbocycles. The Bertz CT molecular complexity index is 303. The SMILES string of the molecule is CC1=C2CCC[C@@H](O)[C@]2(C)CCC1=O. The van der Waals surface area contributed by atoms with Crippen LogP contribution in [0.15, 0.2) is 11.1 Å². The third-order valence-corrected chi connectivity index (χ3v) is 4.07. The predicted molar refractivity (Wildman–Crippen MR) is 54.9 cm³/mol. The monoisotopic (exact) mass is 194 g/mol. The molecule has 1 N–H and O–H groups in total. The molecule has 2 heteroatoms.